The summed E-state index contributed by atoms with van der Waals surface area (Å²) in [6.45, 7) is 8.44. The minimum atomic E-state index is -1.14. The van der Waals surface area contributed by atoms with Crippen LogP contribution in [0.3, 0.4) is 0 Å². The van der Waals surface area contributed by atoms with Crippen LogP contribution in [-0.2, 0) is 20.7 Å². The molecule has 0 bridgehead atoms. The Hall–Kier alpha value is -1.93. The van der Waals surface area contributed by atoms with Gasteiger partial charge >= 0.3 is 0 Å². The molecule has 2 fully saturated rings. The van der Waals surface area contributed by atoms with E-state index < -0.39 is 12.0 Å². The highest BCUT2D eigenvalue weighted by Gasteiger charge is 2.34. The lowest BCUT2D eigenvalue weighted by Crippen LogP contribution is -2.52. The maximum atomic E-state index is 11.5. The number of aryl methyl sites for hydroxylation is 1. The van der Waals surface area contributed by atoms with Crippen molar-refractivity contribution in [1.82, 2.24) is 19.8 Å². The fourth-order valence-electron chi connectivity index (χ4n) is 6.39. The number of ether oxygens (including phenoxy) is 3. The molecule has 5 N–H and O–H groups in total. The Balaban J connectivity index is 1.08. The van der Waals surface area contributed by atoms with Crippen LogP contribution in [-0.4, -0.2) is 115 Å². The number of nitrogens with two attached hydrogens (primary N) is 2. The molecule has 2 aliphatic carbocycles. The van der Waals surface area contributed by atoms with Crippen LogP contribution in [0.25, 0.3) is 10.2 Å². The predicted octanol–water partition coefficient (Wildman–Crippen LogP) is 1.26. The molecule has 0 unspecified atom stereocenters. The van der Waals surface area contributed by atoms with Gasteiger partial charge in [0.2, 0.25) is 11.8 Å². The van der Waals surface area contributed by atoms with Gasteiger partial charge in [0.1, 0.15) is 23.4 Å². The summed E-state index contributed by atoms with van der Waals surface area (Å²) in [5, 5.41) is 11.1. The number of hydrogen-bond donors (Lipinski definition) is 3. The Bertz CT molecular complexity index is 1100. The number of piperazine rings is 1. The van der Waals surface area contributed by atoms with Gasteiger partial charge < -0.3 is 30.8 Å². The van der Waals surface area contributed by atoms with Crippen LogP contribution in [0, 0.1) is 0 Å². The minimum absolute atomic E-state index is 0.0657. The summed E-state index contributed by atoms with van der Waals surface area (Å²) in [6, 6.07) is 0.605. The smallest absolute Gasteiger partial charge is 0.246 e. The first-order valence-corrected chi connectivity index (χ1v) is 15.6. The second-order valence-corrected chi connectivity index (χ2v) is 12.2. The third kappa shape index (κ3) is 7.28. The second kappa shape index (κ2) is 14.3. The monoisotopic (exact) mass is 576 g/mol. The van der Waals surface area contributed by atoms with E-state index in [2.05, 4.69) is 19.8 Å². The number of thiophene rings is 1. The third-order valence-corrected chi connectivity index (χ3v) is 9.74. The number of carbonyl (C=O) groups excluding carboxylic acids is 1. The van der Waals surface area contributed by atoms with E-state index in [0.29, 0.717) is 44.7 Å². The van der Waals surface area contributed by atoms with Crippen molar-refractivity contribution in [3.05, 3.63) is 16.8 Å². The molecule has 1 saturated carbocycles. The molecule has 3 aliphatic rings. The predicted molar refractivity (Wildman–Crippen MR) is 154 cm³/mol. The maximum Gasteiger partial charge on any atom is 0.246 e. The lowest BCUT2D eigenvalue weighted by Gasteiger charge is -2.41. The molecule has 40 heavy (non-hydrogen) atoms. The number of rotatable bonds is 14. The number of amides is 1. The van der Waals surface area contributed by atoms with E-state index in [9.17, 15) is 9.90 Å². The van der Waals surface area contributed by atoms with Crippen LogP contribution in [0.15, 0.2) is 6.33 Å². The summed E-state index contributed by atoms with van der Waals surface area (Å²) in [5.41, 5.74) is 11.9. The summed E-state index contributed by atoms with van der Waals surface area (Å²) in [6.07, 6.45) is 6.98. The van der Waals surface area contributed by atoms with Crippen molar-refractivity contribution in [1.29, 1.82) is 0 Å². The lowest BCUT2D eigenvalue weighted by atomic mass is 9.91. The van der Waals surface area contributed by atoms with Crippen molar-refractivity contribution in [2.24, 2.45) is 11.5 Å². The molecule has 2 aromatic heterocycles. The first-order chi connectivity index (χ1) is 19.5. The van der Waals surface area contributed by atoms with Gasteiger partial charge in [0, 0.05) is 50.2 Å². The minimum Gasteiger partial charge on any atom is -0.474 e. The molecule has 0 spiro atoms. The molecule has 222 valence electrons. The topological polar surface area (TPSA) is 149 Å². The maximum absolute atomic E-state index is 11.5. The van der Waals surface area contributed by atoms with Gasteiger partial charge in [0.15, 0.2) is 0 Å². The molecule has 2 atom stereocenters. The lowest BCUT2D eigenvalue weighted by molar-refractivity contribution is -0.126. The molecule has 2 aromatic rings. The summed E-state index contributed by atoms with van der Waals surface area (Å²) < 4.78 is 17.6. The Morgan fingerprint density at radius 3 is 2.52 bits per heavy atom. The van der Waals surface area contributed by atoms with E-state index in [0.717, 1.165) is 93.6 Å². The number of primary amides is 1. The van der Waals surface area contributed by atoms with Crippen LogP contribution >= 0.6 is 11.3 Å². The Kier molecular flexibility index (Phi) is 10.6. The van der Waals surface area contributed by atoms with Crippen molar-refractivity contribution in [3.8, 4) is 5.88 Å². The quantitative estimate of drug-likeness (QED) is 0.281. The van der Waals surface area contributed by atoms with E-state index in [-0.39, 0.29) is 12.0 Å². The van der Waals surface area contributed by atoms with Gasteiger partial charge in [-0.05, 0) is 56.4 Å². The van der Waals surface area contributed by atoms with Gasteiger partial charge in [-0.3, -0.25) is 14.6 Å². The van der Waals surface area contributed by atoms with Gasteiger partial charge in [-0.1, -0.05) is 0 Å². The number of aliphatic hydroxyl groups is 1. The van der Waals surface area contributed by atoms with E-state index >= 15 is 0 Å². The summed E-state index contributed by atoms with van der Waals surface area (Å²) in [5.74, 6) is 0.0391. The number of fused-ring (bicyclic) bond motifs is 3. The first kappa shape index (κ1) is 29.6. The molecule has 1 amide bonds. The molecule has 1 saturated heterocycles. The molecule has 12 heteroatoms. The van der Waals surface area contributed by atoms with Crippen molar-refractivity contribution < 1.29 is 24.1 Å². The van der Waals surface area contributed by atoms with E-state index in [1.54, 1.807) is 17.7 Å². The van der Waals surface area contributed by atoms with Crippen molar-refractivity contribution in [3.63, 3.8) is 0 Å². The normalized spacial score (nSPS) is 24.8. The zero-order valence-electron chi connectivity index (χ0n) is 23.3. The Morgan fingerprint density at radius 2 is 1.80 bits per heavy atom. The summed E-state index contributed by atoms with van der Waals surface area (Å²) >= 11 is 1.67. The molecule has 0 radical (unpaired) electrons. The molecule has 11 nitrogen and oxygen atoms in total. The van der Waals surface area contributed by atoms with E-state index in [1.165, 1.54) is 4.88 Å². The fourth-order valence-corrected chi connectivity index (χ4v) is 7.62. The van der Waals surface area contributed by atoms with Gasteiger partial charge in [-0.25, -0.2) is 9.97 Å². The van der Waals surface area contributed by atoms with Gasteiger partial charge in [-0.15, -0.1) is 11.3 Å². The molecular weight excluding hydrogens is 532 g/mol. The van der Waals surface area contributed by atoms with Crippen LogP contribution in [0.5, 0.6) is 5.88 Å². The van der Waals surface area contributed by atoms with Crippen LogP contribution in [0.4, 0.5) is 0 Å². The van der Waals surface area contributed by atoms with E-state index in [1.807, 2.05) is 0 Å². The van der Waals surface area contributed by atoms with Crippen LogP contribution in [0.2, 0.25) is 0 Å². The highest BCUT2D eigenvalue weighted by Crippen LogP contribution is 2.47. The summed E-state index contributed by atoms with van der Waals surface area (Å²) in [7, 11) is 0. The largest absolute Gasteiger partial charge is 0.474 e. The third-order valence-electron chi connectivity index (χ3n) is 8.56. The average Bonchev–Trinajstić information content (AvgIpc) is 3.53. The number of carbonyl (C=O) groups is 1. The van der Waals surface area contributed by atoms with E-state index in [4.69, 9.17) is 25.7 Å². The Labute approximate surface area is 240 Å². The standard InChI is InChI=1S/C28H44N6O5S/c29-7-13-37-15-16-38-14-12-33-8-10-34(11-9-33)20-2-4-21(5-3-20)39-27-25-24-19(17-22(35)26(30)36)1-6-23(24)40-28(25)32-18-31-27/h18-22,35H,1-17,29H2,(H2,30,36)/t19-,20-,21-,22+/m1/s1. The molecule has 1 aliphatic heterocycles. The second-order valence-electron chi connectivity index (χ2n) is 11.1. The zero-order valence-corrected chi connectivity index (χ0v) is 24.2. The number of hydrogen-bond acceptors (Lipinski definition) is 11. The summed E-state index contributed by atoms with van der Waals surface area (Å²) in [4.78, 5) is 27.9. The Morgan fingerprint density at radius 1 is 1.05 bits per heavy atom. The van der Waals surface area contributed by atoms with Crippen molar-refractivity contribution in [2.45, 2.75) is 69.1 Å². The van der Waals surface area contributed by atoms with Gasteiger partial charge in [0.05, 0.1) is 31.8 Å². The molecule has 5 rings (SSSR count). The average molecular weight is 577 g/mol. The zero-order chi connectivity index (χ0) is 27.9. The molecule has 0 aromatic carbocycles. The molecular formula is C28H44N6O5S. The molecule has 3 heterocycles. The first-order valence-electron chi connectivity index (χ1n) is 14.8. The SMILES string of the molecule is NCCOCCOCCN1CCN([C@H]2CC[C@H](Oc3ncnc4sc5c(c34)[C@@H](C[C@H](O)C(N)=O)CC5)CC2)CC1. The van der Waals surface area contributed by atoms with Gasteiger partial charge in [0.25, 0.3) is 0 Å². The van der Waals surface area contributed by atoms with Crippen molar-refractivity contribution >= 4 is 27.5 Å². The highest BCUT2D eigenvalue weighted by atomic mass is 32.1. The number of aromatic nitrogens is 2. The number of nitrogens with zero attached hydrogens (tertiary/aromatic N) is 4. The van der Waals surface area contributed by atoms with Crippen molar-refractivity contribution in [2.75, 3.05) is 65.7 Å². The van der Waals surface area contributed by atoms with Gasteiger partial charge in [-0.2, -0.15) is 0 Å². The fraction of sp³-hybridized carbons (Fsp3) is 0.750. The van der Waals surface area contributed by atoms with Crippen LogP contribution in [0.1, 0.15) is 54.9 Å². The number of aliphatic hydroxyl groups excluding tert-OH is 1. The van der Waals surface area contributed by atoms with Crippen LogP contribution < -0.4 is 16.2 Å². The highest BCUT2D eigenvalue weighted by molar-refractivity contribution is 7.19.